The van der Waals surface area contributed by atoms with Gasteiger partial charge >= 0.3 is 25.8 Å². The van der Waals surface area contributed by atoms with Crippen LogP contribution in [0.25, 0.3) is 0 Å². The molecule has 0 saturated carbocycles. The molecule has 0 N–H and O–H groups in total. The number of hydrogen-bond donors (Lipinski definition) is 0. The summed E-state index contributed by atoms with van der Waals surface area (Å²) in [5, 5.41) is 11.5. The van der Waals surface area contributed by atoms with Gasteiger partial charge in [-0.25, -0.2) is 12.1 Å². The molecule has 0 nitrogen and oxygen atoms in total. The summed E-state index contributed by atoms with van der Waals surface area (Å²) in [5.41, 5.74) is 2.84. The second kappa shape index (κ2) is 26.0. The van der Waals surface area contributed by atoms with Crippen molar-refractivity contribution in [3.05, 3.63) is 230 Å². The van der Waals surface area contributed by atoms with Gasteiger partial charge in [-0.2, -0.15) is 45.8 Å². The molecule has 0 aliphatic heterocycles. The third-order valence-electron chi connectivity index (χ3n) is 11.6. The summed E-state index contributed by atoms with van der Waals surface area (Å²) in [6.07, 6.45) is 0. The zero-order valence-electron chi connectivity index (χ0n) is 37.2. The fourth-order valence-electron chi connectivity index (χ4n) is 8.53. The average molecular weight is 1070 g/mol. The van der Waals surface area contributed by atoms with Gasteiger partial charge in [-0.15, -0.1) is 0 Å². The first-order valence-electron chi connectivity index (χ1n) is 21.6. The number of benzene rings is 6. The largest absolute Gasteiger partial charge is 4.00 e. The Balaban J connectivity index is 0.000000286. The van der Waals surface area contributed by atoms with Gasteiger partial charge < -0.3 is 24.8 Å². The molecule has 0 saturated heterocycles. The minimum atomic E-state index is -2.32. The van der Waals surface area contributed by atoms with E-state index in [1.807, 2.05) is 0 Å². The smallest absolute Gasteiger partial charge is 1.00 e. The molecule has 0 aliphatic rings. The van der Waals surface area contributed by atoms with Crippen LogP contribution in [0.5, 0.6) is 0 Å². The molecule has 0 amide bonds. The van der Waals surface area contributed by atoms with Crippen molar-refractivity contribution in [2.45, 2.75) is 65.5 Å². The zero-order valence-corrected chi connectivity index (χ0v) is 45.4. The van der Waals surface area contributed by atoms with Gasteiger partial charge in [-0.05, 0) is 11.8 Å². The van der Waals surface area contributed by atoms with E-state index in [2.05, 4.69) is 260 Å². The summed E-state index contributed by atoms with van der Waals surface area (Å²) >= 11 is 0. The van der Waals surface area contributed by atoms with Crippen molar-refractivity contribution in [3.8, 4) is 0 Å². The van der Waals surface area contributed by atoms with Crippen molar-refractivity contribution in [2.75, 3.05) is 0 Å². The second-order valence-electron chi connectivity index (χ2n) is 16.0. The van der Waals surface area contributed by atoms with Gasteiger partial charge in [0.1, 0.15) is 16.1 Å². The molecular weight excluding hydrogens is 1010 g/mol. The van der Waals surface area contributed by atoms with Gasteiger partial charge in [0.05, 0.1) is 0 Å². The Bertz CT molecular complexity index is 2020. The van der Waals surface area contributed by atoms with Crippen LogP contribution in [0.4, 0.5) is 0 Å². The molecule has 8 rings (SSSR count). The first-order chi connectivity index (χ1) is 28.9. The van der Waals surface area contributed by atoms with Crippen molar-refractivity contribution in [1.82, 2.24) is 0 Å². The summed E-state index contributed by atoms with van der Waals surface area (Å²) < 4.78 is 0. The molecule has 0 heterocycles. The van der Waals surface area contributed by atoms with E-state index in [0.717, 1.165) is 9.52 Å². The molecule has 6 heteroatoms. The molecule has 1 radical (unpaired) electrons. The Morgan fingerprint density at radius 3 is 0.726 bits per heavy atom. The van der Waals surface area contributed by atoms with Crippen LogP contribution in [0.2, 0.25) is 12.1 Å². The average Bonchev–Trinajstić information content (AvgIpc) is 4.00. The molecule has 62 heavy (non-hydrogen) atoms. The van der Waals surface area contributed by atoms with Crippen molar-refractivity contribution in [3.63, 3.8) is 0 Å². The number of halogens is 2. The van der Waals surface area contributed by atoms with E-state index in [1.165, 1.54) is 64.7 Å². The molecule has 0 aromatic heterocycles. The van der Waals surface area contributed by atoms with Crippen LogP contribution < -0.4 is 66.3 Å². The van der Waals surface area contributed by atoms with Gasteiger partial charge in [0.2, 0.25) is 0 Å². The third kappa shape index (κ3) is 11.8. The SMILES string of the molecule is CC(C)c1cc([Si](c2ccccc2)(c2ccccc2)c2ccccc2)c[cH-]1.CC(C)c1cc([Si](c2ccccc2)(c2ccccc2)c2ccccc2)c[cH-]1.CC[SiH]CC.[Cl-].[Cl-].[Hf+4]. The van der Waals surface area contributed by atoms with Gasteiger partial charge in [0, 0.05) is 9.52 Å². The first kappa shape index (κ1) is 52.5. The van der Waals surface area contributed by atoms with E-state index in [4.69, 9.17) is 0 Å². The number of rotatable bonds is 12. The third-order valence-corrected chi connectivity index (χ3v) is 22.3. The molecule has 0 spiro atoms. The van der Waals surface area contributed by atoms with Crippen molar-refractivity contribution in [1.29, 1.82) is 0 Å². The van der Waals surface area contributed by atoms with Crippen LogP contribution in [0.15, 0.2) is 218 Å². The summed E-state index contributed by atoms with van der Waals surface area (Å²) in [4.78, 5) is 0. The first-order valence-corrected chi connectivity index (χ1v) is 27.2. The Labute approximate surface area is 409 Å². The fourth-order valence-corrected chi connectivity index (χ4v) is 18.7. The van der Waals surface area contributed by atoms with Gasteiger partial charge in [0.25, 0.3) is 0 Å². The van der Waals surface area contributed by atoms with E-state index < -0.39 is 16.1 Å². The predicted molar refractivity (Wildman–Crippen MR) is 268 cm³/mol. The van der Waals surface area contributed by atoms with Crippen molar-refractivity contribution in [2.24, 2.45) is 0 Å². The maximum atomic E-state index is 2.45. The minimum Gasteiger partial charge on any atom is -1.00 e. The van der Waals surface area contributed by atoms with Crippen molar-refractivity contribution >= 4 is 67.2 Å². The van der Waals surface area contributed by atoms with Crippen LogP contribution in [0.3, 0.4) is 0 Å². The van der Waals surface area contributed by atoms with Crippen LogP contribution in [0, 0.1) is 0 Å². The summed E-state index contributed by atoms with van der Waals surface area (Å²) in [7, 11) is -3.84. The summed E-state index contributed by atoms with van der Waals surface area (Å²) in [6, 6.07) is 83.7. The molecule has 8 aromatic carbocycles. The van der Waals surface area contributed by atoms with Gasteiger partial charge in [0.15, 0.2) is 0 Å². The number of hydrogen-bond acceptors (Lipinski definition) is 0. The molecule has 0 unspecified atom stereocenters. The van der Waals surface area contributed by atoms with Crippen molar-refractivity contribution < 1.29 is 50.7 Å². The second-order valence-corrected chi connectivity index (χ2v) is 25.8. The van der Waals surface area contributed by atoms with Crippen LogP contribution in [-0.4, -0.2) is 25.7 Å². The Morgan fingerprint density at radius 2 is 0.581 bits per heavy atom. The van der Waals surface area contributed by atoms with E-state index in [9.17, 15) is 0 Å². The zero-order chi connectivity index (χ0) is 41.5. The van der Waals surface area contributed by atoms with Gasteiger partial charge in [-0.1, -0.05) is 267 Å². The standard InChI is InChI=1S/2C26H25Si.C4H11Si.2ClH.Hf/c2*1-21(2)22-18-19-26(20-22)27(23-12-6-3-7-13-23,24-14-8-4-9-15-24)25-16-10-5-11-17-25;1-3-5-4-2;;;/h2*3-21H,1-2H3;5H,3-4H2,1-2H3;2*1H;/q2*-1;;;;+4/p-2. The summed E-state index contributed by atoms with van der Waals surface area (Å²) in [5.74, 6) is 1.07. The fraction of sp³-hybridized carbons (Fsp3) is 0.179. The van der Waals surface area contributed by atoms with Crippen LogP contribution >= 0.6 is 0 Å². The molecule has 0 bridgehead atoms. The monoisotopic (exact) mass is 1070 g/mol. The molecule has 315 valence electrons. The molecule has 8 aromatic rings. The van der Waals surface area contributed by atoms with E-state index >= 15 is 0 Å². The van der Waals surface area contributed by atoms with E-state index in [0.29, 0.717) is 11.8 Å². The Kier molecular flexibility index (Phi) is 22.0. The Morgan fingerprint density at radius 1 is 0.371 bits per heavy atom. The molecule has 0 aliphatic carbocycles. The molecular formula is C56H61Cl2HfSi3. The topological polar surface area (TPSA) is 0 Å². The molecule has 0 fully saturated rings. The minimum absolute atomic E-state index is 0. The predicted octanol–water partition coefficient (Wildman–Crippen LogP) is 3.12. The summed E-state index contributed by atoms with van der Waals surface area (Å²) in [6.45, 7) is 13.6. The van der Waals surface area contributed by atoms with E-state index in [-0.39, 0.29) is 50.7 Å². The van der Waals surface area contributed by atoms with Gasteiger partial charge in [-0.3, -0.25) is 0 Å². The normalized spacial score (nSPS) is 10.8. The van der Waals surface area contributed by atoms with Crippen LogP contribution in [0.1, 0.15) is 64.5 Å². The van der Waals surface area contributed by atoms with E-state index in [1.54, 1.807) is 0 Å². The molecule has 0 atom stereocenters. The quantitative estimate of drug-likeness (QED) is 0.100. The maximum absolute atomic E-state index is 2.45. The maximum Gasteiger partial charge on any atom is 4.00 e. The Hall–Kier alpha value is -3.88. The van der Waals surface area contributed by atoms with Crippen LogP contribution in [-0.2, 0) is 25.8 Å².